The van der Waals surface area contributed by atoms with Gasteiger partial charge in [-0.05, 0) is 58.7 Å². The molecule has 3 aromatic heterocycles. The maximum Gasteiger partial charge on any atom is 0.238 e. The van der Waals surface area contributed by atoms with Gasteiger partial charge in [0.15, 0.2) is 17.3 Å². The van der Waals surface area contributed by atoms with Crippen LogP contribution in [0.15, 0.2) is 218 Å². The second kappa shape index (κ2) is 15.2. The normalized spacial score (nSPS) is 11.4. The van der Waals surface area contributed by atoms with Crippen molar-refractivity contribution in [2.24, 2.45) is 0 Å². The van der Waals surface area contributed by atoms with E-state index < -0.39 is 0 Å². The number of benzene rings is 9. The van der Waals surface area contributed by atoms with Crippen LogP contribution >= 0.6 is 0 Å². The van der Waals surface area contributed by atoms with Gasteiger partial charge in [0.05, 0.1) is 34.3 Å². The molecule has 12 aromatic rings. The largest absolute Gasteiger partial charge is 0.309 e. The highest BCUT2D eigenvalue weighted by Gasteiger charge is 2.22. The molecule has 0 aliphatic heterocycles. The molecule has 0 saturated carbocycles. The number of nitrogens with zero attached hydrogens (tertiary/aromatic N) is 6. The van der Waals surface area contributed by atoms with E-state index in [2.05, 4.69) is 202 Å². The van der Waals surface area contributed by atoms with Crippen molar-refractivity contribution in [3.63, 3.8) is 0 Å². The van der Waals surface area contributed by atoms with Crippen molar-refractivity contribution >= 4 is 49.3 Å². The van der Waals surface area contributed by atoms with Gasteiger partial charge in [-0.25, -0.2) is 9.83 Å². The summed E-state index contributed by atoms with van der Waals surface area (Å²) in [6.07, 6.45) is 0. The quantitative estimate of drug-likeness (QED) is 0.151. The molecule has 0 bridgehead atoms. The Morgan fingerprint density at radius 3 is 1.55 bits per heavy atom. The number of aromatic nitrogens is 5. The molecule has 0 aliphatic rings. The average Bonchev–Trinajstić information content (AvgIpc) is 3.90. The van der Waals surface area contributed by atoms with Gasteiger partial charge in [-0.15, -0.1) is 0 Å². The topological polar surface area (TPSA) is 52.9 Å². The van der Waals surface area contributed by atoms with Crippen LogP contribution in [0.1, 0.15) is 0 Å². The molecule has 0 radical (unpaired) electrons. The van der Waals surface area contributed by atoms with Gasteiger partial charge in [-0.1, -0.05) is 182 Å². The lowest BCUT2D eigenvalue weighted by Crippen LogP contribution is -2.07. The molecular weight excluding hydrogens is 781 g/mol. The van der Waals surface area contributed by atoms with Crippen molar-refractivity contribution in [1.29, 1.82) is 0 Å². The number of hydrogen-bond acceptors (Lipinski definition) is 3. The first kappa shape index (κ1) is 36.9. The summed E-state index contributed by atoms with van der Waals surface area (Å²) >= 11 is 0. The summed E-state index contributed by atoms with van der Waals surface area (Å²) in [5, 5.41) is 4.56. The van der Waals surface area contributed by atoms with Crippen LogP contribution < -0.4 is 0 Å². The Balaban J connectivity index is 1.15. The third kappa shape index (κ3) is 6.14. The highest BCUT2D eigenvalue weighted by Crippen LogP contribution is 2.41. The Morgan fingerprint density at radius 2 is 0.859 bits per heavy atom. The molecule has 6 nitrogen and oxygen atoms in total. The highest BCUT2D eigenvalue weighted by molar-refractivity contribution is 6.14. The van der Waals surface area contributed by atoms with E-state index in [1.807, 2.05) is 30.3 Å². The lowest BCUT2D eigenvalue weighted by molar-refractivity contribution is 0.953. The zero-order valence-electron chi connectivity index (χ0n) is 34.5. The zero-order valence-corrected chi connectivity index (χ0v) is 34.5. The summed E-state index contributed by atoms with van der Waals surface area (Å²) in [6, 6.07) is 75.9. The summed E-state index contributed by atoms with van der Waals surface area (Å²) in [5.41, 5.74) is 13.9. The van der Waals surface area contributed by atoms with Crippen LogP contribution in [0.3, 0.4) is 0 Å². The van der Waals surface area contributed by atoms with Gasteiger partial charge in [-0.3, -0.25) is 4.57 Å². The molecule has 0 saturated heterocycles. The minimum absolute atomic E-state index is 0.478. The molecule has 6 heteroatoms. The maximum absolute atomic E-state index is 7.85. The van der Waals surface area contributed by atoms with E-state index in [4.69, 9.17) is 21.5 Å². The standard InChI is InChI=1S/C58H36N6/c1-59-44-24-15-23-42(36-44)56-60-57(62-58(61-56)64-53-32-13-10-27-49(53)50-29-16-28-46(55(50)64)39-19-6-3-7-20-39)43-33-34-45(41-22-14-21-40(35-41)38-17-4-2-5-18-38)54(37-43)63-51-30-11-8-25-47(51)48-26-9-12-31-52(48)63/h2-37H. The van der Waals surface area contributed by atoms with Gasteiger partial charge in [0.25, 0.3) is 0 Å². The molecular formula is C58H36N6. The van der Waals surface area contributed by atoms with Gasteiger partial charge in [0.1, 0.15) is 0 Å². The average molecular weight is 817 g/mol. The second-order valence-electron chi connectivity index (χ2n) is 15.9. The number of para-hydroxylation sites is 4. The minimum atomic E-state index is 0.478. The summed E-state index contributed by atoms with van der Waals surface area (Å²) in [5.74, 6) is 1.48. The molecule has 0 unspecified atom stereocenters. The lowest BCUT2D eigenvalue weighted by atomic mass is 9.96. The first-order valence-electron chi connectivity index (χ1n) is 21.3. The molecule has 0 fully saturated rings. The molecule has 0 atom stereocenters. The summed E-state index contributed by atoms with van der Waals surface area (Å²) in [7, 11) is 0. The summed E-state index contributed by atoms with van der Waals surface area (Å²) < 4.78 is 4.55. The van der Waals surface area contributed by atoms with Crippen LogP contribution in [0.5, 0.6) is 0 Å². The van der Waals surface area contributed by atoms with Gasteiger partial charge in [0.2, 0.25) is 5.95 Å². The van der Waals surface area contributed by atoms with E-state index in [1.54, 1.807) is 0 Å². The molecule has 3 heterocycles. The molecule has 0 N–H and O–H groups in total. The fraction of sp³-hybridized carbons (Fsp3) is 0. The monoisotopic (exact) mass is 816 g/mol. The molecule has 0 aliphatic carbocycles. The van der Waals surface area contributed by atoms with Crippen molar-refractivity contribution < 1.29 is 0 Å². The van der Waals surface area contributed by atoms with Crippen molar-refractivity contribution in [1.82, 2.24) is 24.1 Å². The van der Waals surface area contributed by atoms with Crippen molar-refractivity contribution in [3.05, 3.63) is 230 Å². The molecule has 0 amide bonds. The Morgan fingerprint density at radius 1 is 0.344 bits per heavy atom. The number of hydrogen-bond donors (Lipinski definition) is 0. The second-order valence-corrected chi connectivity index (χ2v) is 15.9. The van der Waals surface area contributed by atoms with Crippen LogP contribution in [0.25, 0.3) is 116 Å². The van der Waals surface area contributed by atoms with E-state index in [9.17, 15) is 0 Å². The Kier molecular flexibility index (Phi) is 8.77. The minimum Gasteiger partial charge on any atom is -0.309 e. The van der Waals surface area contributed by atoms with Crippen LogP contribution in [-0.2, 0) is 0 Å². The van der Waals surface area contributed by atoms with Gasteiger partial charge in [-0.2, -0.15) is 9.97 Å². The maximum atomic E-state index is 7.85. The van der Waals surface area contributed by atoms with Gasteiger partial charge < -0.3 is 4.57 Å². The predicted molar refractivity (Wildman–Crippen MR) is 262 cm³/mol. The summed E-state index contributed by atoms with van der Waals surface area (Å²) in [4.78, 5) is 19.7. The Bertz CT molecular complexity index is 3750. The Labute approximate surface area is 369 Å². The van der Waals surface area contributed by atoms with Crippen molar-refractivity contribution in [3.8, 4) is 67.8 Å². The highest BCUT2D eigenvalue weighted by atomic mass is 15.2. The first-order valence-corrected chi connectivity index (χ1v) is 21.3. The molecule has 9 aromatic carbocycles. The van der Waals surface area contributed by atoms with E-state index in [0.717, 1.165) is 83.0 Å². The third-order valence-corrected chi connectivity index (χ3v) is 12.2. The van der Waals surface area contributed by atoms with Crippen molar-refractivity contribution in [2.45, 2.75) is 0 Å². The van der Waals surface area contributed by atoms with Crippen LogP contribution in [0, 0.1) is 6.57 Å². The number of fused-ring (bicyclic) bond motifs is 6. The van der Waals surface area contributed by atoms with E-state index in [-0.39, 0.29) is 0 Å². The SMILES string of the molecule is [C-]#[N+]c1cccc(-c2nc(-c3ccc(-c4cccc(-c5ccccc5)c4)c(-n4c5ccccc5c5ccccc54)c3)nc(-n3c4ccccc4c4cccc(-c5ccccc5)c43)n2)c1. The van der Waals surface area contributed by atoms with E-state index in [0.29, 0.717) is 23.3 Å². The van der Waals surface area contributed by atoms with Gasteiger partial charge in [0, 0.05) is 43.8 Å². The summed E-state index contributed by atoms with van der Waals surface area (Å²) in [6.45, 7) is 7.85. The third-order valence-electron chi connectivity index (χ3n) is 12.2. The zero-order chi connectivity index (χ0) is 42.6. The van der Waals surface area contributed by atoms with E-state index >= 15 is 0 Å². The number of rotatable bonds is 7. The predicted octanol–water partition coefficient (Wildman–Crippen LogP) is 15.0. The smallest absolute Gasteiger partial charge is 0.238 e. The van der Waals surface area contributed by atoms with Crippen LogP contribution in [0.2, 0.25) is 0 Å². The molecule has 0 spiro atoms. The first-order chi connectivity index (χ1) is 31.7. The molecule has 64 heavy (non-hydrogen) atoms. The van der Waals surface area contributed by atoms with Crippen LogP contribution in [0.4, 0.5) is 5.69 Å². The fourth-order valence-electron chi connectivity index (χ4n) is 9.29. The van der Waals surface area contributed by atoms with Crippen LogP contribution in [-0.4, -0.2) is 24.1 Å². The molecule has 298 valence electrons. The molecule has 12 rings (SSSR count). The fourth-order valence-corrected chi connectivity index (χ4v) is 9.29. The van der Waals surface area contributed by atoms with E-state index in [1.165, 1.54) is 10.8 Å². The lowest BCUT2D eigenvalue weighted by Gasteiger charge is -2.17. The van der Waals surface area contributed by atoms with Crippen molar-refractivity contribution in [2.75, 3.05) is 0 Å². The van der Waals surface area contributed by atoms with Gasteiger partial charge >= 0.3 is 0 Å². The Hall–Kier alpha value is -8.92.